The van der Waals surface area contributed by atoms with Crippen molar-refractivity contribution >= 4 is 53.4 Å². The molecule has 56 heavy (non-hydrogen) atoms. The summed E-state index contributed by atoms with van der Waals surface area (Å²) in [6.07, 6.45) is 3.23. The summed E-state index contributed by atoms with van der Waals surface area (Å²) in [6, 6.07) is 9.51. The summed E-state index contributed by atoms with van der Waals surface area (Å²) in [5.74, 6) is 4.26. The predicted molar refractivity (Wildman–Crippen MR) is 226 cm³/mol. The van der Waals surface area contributed by atoms with Crippen molar-refractivity contribution in [3.63, 3.8) is 0 Å². The minimum Gasteiger partial charge on any atom is -0.480 e. The zero-order valence-electron chi connectivity index (χ0n) is 34.9. The van der Waals surface area contributed by atoms with Crippen LogP contribution in [-0.4, -0.2) is 92.1 Å². The Morgan fingerprint density at radius 2 is 1.64 bits per heavy atom. The van der Waals surface area contributed by atoms with Crippen LogP contribution in [0.1, 0.15) is 80.7 Å². The summed E-state index contributed by atoms with van der Waals surface area (Å²) in [4.78, 5) is 31.9. The first kappa shape index (κ1) is 41.5. The molecule has 2 unspecified atom stereocenters. The summed E-state index contributed by atoms with van der Waals surface area (Å²) in [5, 5.41) is 2.40. The molecule has 2 saturated heterocycles. The second-order valence-corrected chi connectivity index (χ2v) is 23.1. The normalized spacial score (nSPS) is 17.3. The maximum Gasteiger partial charge on any atom is 0.410 e. The summed E-state index contributed by atoms with van der Waals surface area (Å²) >= 11 is 1.34. The molecule has 0 spiro atoms. The second-order valence-electron chi connectivity index (χ2n) is 16.8. The molecule has 2 aromatic heterocycles. The van der Waals surface area contributed by atoms with Crippen molar-refractivity contribution in [3.05, 3.63) is 41.7 Å². The van der Waals surface area contributed by atoms with Crippen LogP contribution in [0.3, 0.4) is 0 Å². The van der Waals surface area contributed by atoms with Gasteiger partial charge in [0.1, 0.15) is 41.8 Å². The summed E-state index contributed by atoms with van der Waals surface area (Å²) in [7, 11) is 0.977. The predicted octanol–water partition coefficient (Wildman–Crippen LogP) is 9.85. The Morgan fingerprint density at radius 3 is 2.21 bits per heavy atom. The van der Waals surface area contributed by atoms with Crippen molar-refractivity contribution in [2.24, 2.45) is 0 Å². The van der Waals surface area contributed by atoms with E-state index in [0.29, 0.717) is 57.4 Å². The van der Waals surface area contributed by atoms with Crippen LogP contribution < -0.4 is 14.4 Å². The van der Waals surface area contributed by atoms with E-state index in [4.69, 9.17) is 33.9 Å². The number of benzene rings is 2. The number of thioether (sulfide) groups is 1. The molecule has 2 bridgehead atoms. The van der Waals surface area contributed by atoms with Crippen molar-refractivity contribution < 1.29 is 28.1 Å². The number of ether oxygens (including phenoxy) is 4. The minimum atomic E-state index is -2.11. The van der Waals surface area contributed by atoms with Crippen LogP contribution in [0.2, 0.25) is 16.6 Å². The summed E-state index contributed by atoms with van der Waals surface area (Å²) in [6.45, 7) is 20.4. The monoisotopic (exact) mass is 801 g/mol. The smallest absolute Gasteiger partial charge is 0.410 e. The lowest BCUT2D eigenvalue weighted by atomic mass is 9.96. The number of rotatable bonds is 10. The van der Waals surface area contributed by atoms with Gasteiger partial charge in [-0.15, -0.1) is 5.54 Å². The minimum absolute atomic E-state index is 0.0174. The molecular weight excluding hydrogens is 746 g/mol. The van der Waals surface area contributed by atoms with Crippen LogP contribution in [0.15, 0.2) is 35.5 Å². The third kappa shape index (κ3) is 7.76. The lowest BCUT2D eigenvalue weighted by Crippen LogP contribution is -2.57. The number of methoxy groups -OCH3 is 2. The van der Waals surface area contributed by atoms with E-state index in [1.165, 1.54) is 18.9 Å². The number of hydrogen-bond donors (Lipinski definition) is 0. The van der Waals surface area contributed by atoms with E-state index < -0.39 is 19.5 Å². The molecule has 0 radical (unpaired) electrons. The largest absolute Gasteiger partial charge is 0.480 e. The number of piperazine rings is 1. The highest BCUT2D eigenvalue weighted by atomic mass is 32.2. The number of fused-ring (bicyclic) bond motifs is 4. The first-order valence-electron chi connectivity index (χ1n) is 19.5. The van der Waals surface area contributed by atoms with Crippen LogP contribution in [0.25, 0.3) is 32.9 Å². The second kappa shape index (κ2) is 16.4. The van der Waals surface area contributed by atoms with Crippen molar-refractivity contribution in [2.45, 2.75) is 115 Å². The van der Waals surface area contributed by atoms with Crippen molar-refractivity contribution in [2.75, 3.05) is 45.3 Å². The molecular formula is C43H56FN5O5SSi. The van der Waals surface area contributed by atoms with Gasteiger partial charge in [0.15, 0.2) is 17.8 Å². The number of amides is 1. The molecule has 6 rings (SSSR count). The van der Waals surface area contributed by atoms with Gasteiger partial charge in [-0.2, -0.15) is 0 Å². The highest BCUT2D eigenvalue weighted by molar-refractivity contribution is 7.98. The third-order valence-corrected chi connectivity index (χ3v) is 18.1. The average molecular weight is 802 g/mol. The van der Waals surface area contributed by atoms with Gasteiger partial charge >= 0.3 is 6.09 Å². The molecule has 4 heterocycles. The number of anilines is 1. The first-order valence-corrected chi connectivity index (χ1v) is 23.0. The maximum atomic E-state index is 17.6. The van der Waals surface area contributed by atoms with Crippen molar-refractivity contribution in [1.82, 2.24) is 19.9 Å². The Kier molecular flexibility index (Phi) is 12.1. The number of nitrogens with zero attached hydrogens (tertiary/aromatic N) is 5. The molecule has 300 valence electrons. The Hall–Kier alpha value is -4.12. The fourth-order valence-corrected chi connectivity index (χ4v) is 14.5. The van der Waals surface area contributed by atoms with E-state index in [1.807, 2.05) is 56.2 Å². The molecule has 2 aliphatic rings. The third-order valence-electron chi connectivity index (χ3n) is 11.3. The molecule has 0 aliphatic carbocycles. The van der Waals surface area contributed by atoms with E-state index in [0.717, 1.165) is 29.2 Å². The Morgan fingerprint density at radius 1 is 0.982 bits per heavy atom. The highest BCUT2D eigenvalue weighted by Crippen LogP contribution is 2.44. The molecule has 13 heteroatoms. The zero-order chi connectivity index (χ0) is 40.7. The number of carbonyl (C=O) groups is 1. The van der Waals surface area contributed by atoms with Crippen LogP contribution in [0.5, 0.6) is 11.6 Å². The van der Waals surface area contributed by atoms with Gasteiger partial charge in [0.05, 0.1) is 19.2 Å². The van der Waals surface area contributed by atoms with Gasteiger partial charge in [0.25, 0.3) is 0 Å². The fourth-order valence-electron chi connectivity index (χ4n) is 8.95. The van der Waals surface area contributed by atoms with Crippen LogP contribution in [0.4, 0.5) is 15.0 Å². The molecule has 10 nitrogen and oxygen atoms in total. The standard InChI is InChI=1S/C43H56FN5O5SSi/c1-25(2)56(26(3)4,27(5)6)19-18-28-14-13-15-29-20-32(53-24-51-10)21-33(34(28)29)37-36(44)38-35(40(45-37)52-11)39(47-41(46-38)55-12)48-22-30-16-17-31(23-48)49(30)42(50)54-43(7,8)9/h13-15,20-21,25-27,30-31H,16-17,22-24H2,1-12H3. The molecule has 2 aromatic carbocycles. The van der Waals surface area contributed by atoms with Gasteiger partial charge in [0, 0.05) is 36.7 Å². The fraction of sp³-hybridized carbons (Fsp3) is 0.535. The van der Waals surface area contributed by atoms with Crippen LogP contribution in [-0.2, 0) is 9.47 Å². The first-order chi connectivity index (χ1) is 26.5. The van der Waals surface area contributed by atoms with Crippen molar-refractivity contribution in [1.29, 1.82) is 0 Å². The number of pyridine rings is 1. The molecule has 1 amide bonds. The number of carbonyl (C=O) groups excluding carboxylic acids is 1. The molecule has 2 atom stereocenters. The Bertz CT molecular complexity index is 2150. The molecule has 2 aliphatic heterocycles. The van der Waals surface area contributed by atoms with Gasteiger partial charge in [0.2, 0.25) is 5.88 Å². The zero-order valence-corrected chi connectivity index (χ0v) is 36.7. The average Bonchev–Trinajstić information content (AvgIpc) is 3.41. The number of halogens is 1. The Balaban J connectivity index is 1.55. The highest BCUT2D eigenvalue weighted by Gasteiger charge is 2.45. The molecule has 2 fully saturated rings. The van der Waals surface area contributed by atoms with E-state index in [1.54, 1.807) is 13.2 Å². The topological polar surface area (TPSA) is 99.1 Å². The van der Waals surface area contributed by atoms with Crippen LogP contribution in [0, 0.1) is 17.3 Å². The van der Waals surface area contributed by atoms with Gasteiger partial charge in [-0.1, -0.05) is 71.4 Å². The lowest BCUT2D eigenvalue weighted by molar-refractivity contribution is 0.0122. The lowest BCUT2D eigenvalue weighted by Gasteiger charge is -2.42. The quantitative estimate of drug-likeness (QED) is 0.0507. The van der Waals surface area contributed by atoms with E-state index in [2.05, 4.69) is 57.9 Å². The molecule has 4 aromatic rings. The van der Waals surface area contributed by atoms with Gasteiger partial charge in [-0.05, 0) is 80.1 Å². The summed E-state index contributed by atoms with van der Waals surface area (Å²) < 4.78 is 40.5. The Labute approximate surface area is 336 Å². The van der Waals surface area contributed by atoms with E-state index in [-0.39, 0.29) is 42.1 Å². The van der Waals surface area contributed by atoms with E-state index in [9.17, 15) is 4.79 Å². The SMILES string of the molecule is COCOc1cc(-c2nc(OC)c3c(N4CC5CCC(C4)N5C(=O)OC(C)(C)C)nc(SC)nc3c2F)c2c(C#C[Si](C(C)C)(C(C)C)C(C)C)cccc2c1. The van der Waals surface area contributed by atoms with Crippen molar-refractivity contribution in [3.8, 4) is 34.4 Å². The van der Waals surface area contributed by atoms with Gasteiger partial charge in [-0.25, -0.2) is 24.1 Å². The van der Waals surface area contributed by atoms with Gasteiger partial charge in [-0.3, -0.25) is 4.90 Å². The van der Waals surface area contributed by atoms with E-state index >= 15 is 4.39 Å². The number of hydrogen-bond acceptors (Lipinski definition) is 10. The molecule has 0 N–H and O–H groups in total. The number of aromatic nitrogens is 3. The van der Waals surface area contributed by atoms with Gasteiger partial charge < -0.3 is 23.8 Å². The maximum absolute atomic E-state index is 17.6. The molecule has 0 saturated carbocycles. The summed E-state index contributed by atoms with van der Waals surface area (Å²) in [5.41, 5.74) is 6.07. The van der Waals surface area contributed by atoms with Crippen LogP contribution >= 0.6 is 11.8 Å².